The molecule has 0 fully saturated rings. The van der Waals surface area contributed by atoms with E-state index < -0.39 is 6.04 Å². The minimum atomic E-state index is -0.547. The Hall–Kier alpha value is -0.790. The first-order valence-corrected chi connectivity index (χ1v) is 6.79. The summed E-state index contributed by atoms with van der Waals surface area (Å²) < 4.78 is 4.78. The van der Waals surface area contributed by atoms with Crippen molar-refractivity contribution >= 4 is 23.6 Å². The van der Waals surface area contributed by atoms with Crippen LogP contribution in [0, 0.1) is 0 Å². The first-order valence-electron chi connectivity index (χ1n) is 5.39. The summed E-state index contributed by atoms with van der Waals surface area (Å²) >= 11 is 1.63. The summed E-state index contributed by atoms with van der Waals surface area (Å²) in [5.74, 6) is 0.294. The van der Waals surface area contributed by atoms with Gasteiger partial charge in [0.15, 0.2) is 0 Å². The zero-order chi connectivity index (χ0) is 13.1. The maximum absolute atomic E-state index is 11.4. The average Bonchev–Trinajstić information content (AvgIpc) is 2.33. The van der Waals surface area contributed by atoms with Crippen molar-refractivity contribution in [1.82, 2.24) is 10.6 Å². The molecule has 0 unspecified atom stereocenters. The molecule has 0 heterocycles. The zero-order valence-corrected chi connectivity index (χ0v) is 11.1. The normalized spacial score (nSPS) is 11.9. The Morgan fingerprint density at radius 1 is 1.41 bits per heavy atom. The Bertz CT molecular complexity index is 239. The van der Waals surface area contributed by atoms with Crippen molar-refractivity contribution in [2.45, 2.75) is 12.5 Å². The summed E-state index contributed by atoms with van der Waals surface area (Å²) in [5, 5.41) is 5.09. The fraction of sp³-hybridized carbons (Fsp3) is 0.800. The van der Waals surface area contributed by atoms with Gasteiger partial charge < -0.3 is 21.1 Å². The number of nitrogens with one attached hydrogen (secondary N) is 2. The van der Waals surface area contributed by atoms with E-state index in [2.05, 4.69) is 10.6 Å². The molecule has 0 aromatic carbocycles. The number of hydrogen-bond donors (Lipinski definition) is 3. The van der Waals surface area contributed by atoms with Crippen LogP contribution >= 0.6 is 11.8 Å². The van der Waals surface area contributed by atoms with Gasteiger partial charge in [0.05, 0.1) is 19.2 Å². The van der Waals surface area contributed by atoms with Gasteiger partial charge in [-0.25, -0.2) is 0 Å². The van der Waals surface area contributed by atoms with Crippen molar-refractivity contribution in [3.63, 3.8) is 0 Å². The van der Waals surface area contributed by atoms with Crippen LogP contribution in [-0.2, 0) is 14.3 Å². The molecule has 0 radical (unpaired) electrons. The summed E-state index contributed by atoms with van der Waals surface area (Å²) in [6, 6.07) is -0.547. The predicted octanol–water partition coefficient (Wildman–Crippen LogP) is -1.05. The summed E-state index contributed by atoms with van der Waals surface area (Å²) in [7, 11) is 1.55. The van der Waals surface area contributed by atoms with E-state index in [1.807, 2.05) is 6.26 Å². The van der Waals surface area contributed by atoms with Crippen LogP contribution in [0.15, 0.2) is 0 Å². The van der Waals surface area contributed by atoms with E-state index in [1.165, 1.54) is 0 Å². The molecule has 0 saturated carbocycles. The number of hydrogen-bond acceptors (Lipinski definition) is 5. The number of nitrogens with two attached hydrogens (primary N) is 1. The maximum atomic E-state index is 11.4. The van der Waals surface area contributed by atoms with E-state index in [-0.39, 0.29) is 18.4 Å². The molecule has 0 aromatic rings. The number of rotatable bonds is 9. The van der Waals surface area contributed by atoms with E-state index in [0.29, 0.717) is 19.6 Å². The van der Waals surface area contributed by atoms with Crippen molar-refractivity contribution in [2.24, 2.45) is 5.73 Å². The molecule has 17 heavy (non-hydrogen) atoms. The summed E-state index contributed by atoms with van der Waals surface area (Å²) in [6.45, 7) is 0.839. The molecule has 0 aliphatic heterocycles. The lowest BCUT2D eigenvalue weighted by Gasteiger charge is -2.11. The molecule has 0 spiro atoms. The molecule has 0 rings (SSSR count). The topological polar surface area (TPSA) is 93.5 Å². The lowest BCUT2D eigenvalue weighted by molar-refractivity contribution is -0.126. The number of carbonyl (C=O) groups is 2. The highest BCUT2D eigenvalue weighted by atomic mass is 32.2. The quantitative estimate of drug-likeness (QED) is 0.461. The average molecular weight is 263 g/mol. The molecule has 0 bridgehead atoms. The molecule has 6 nitrogen and oxygen atoms in total. The Balaban J connectivity index is 3.64. The molecule has 0 aliphatic rings. The van der Waals surface area contributed by atoms with Crippen LogP contribution in [0.5, 0.6) is 0 Å². The number of amides is 2. The van der Waals surface area contributed by atoms with Gasteiger partial charge in [0.25, 0.3) is 0 Å². The van der Waals surface area contributed by atoms with Crippen molar-refractivity contribution < 1.29 is 14.3 Å². The number of ether oxygens (including phenoxy) is 1. The highest BCUT2D eigenvalue weighted by Gasteiger charge is 2.13. The highest BCUT2D eigenvalue weighted by molar-refractivity contribution is 7.98. The van der Waals surface area contributed by atoms with E-state index in [0.717, 1.165) is 5.75 Å². The van der Waals surface area contributed by atoms with Crippen molar-refractivity contribution in [3.8, 4) is 0 Å². The van der Waals surface area contributed by atoms with Gasteiger partial charge in [-0.2, -0.15) is 11.8 Å². The third-order valence-electron chi connectivity index (χ3n) is 2.02. The lowest BCUT2D eigenvalue weighted by atomic mass is 10.2. The molecular formula is C10H21N3O3S. The molecule has 4 N–H and O–H groups in total. The number of thioether (sulfide) groups is 1. The monoisotopic (exact) mass is 263 g/mol. The molecule has 1 atom stereocenters. The van der Waals surface area contributed by atoms with E-state index in [4.69, 9.17) is 10.5 Å². The van der Waals surface area contributed by atoms with Gasteiger partial charge in [0.1, 0.15) is 0 Å². The summed E-state index contributed by atoms with van der Waals surface area (Å²) in [6.07, 6.45) is 2.56. The van der Waals surface area contributed by atoms with Gasteiger partial charge in [-0.05, 0) is 18.4 Å². The fourth-order valence-corrected chi connectivity index (χ4v) is 1.52. The zero-order valence-electron chi connectivity index (χ0n) is 10.3. The first kappa shape index (κ1) is 16.2. The number of carbonyl (C=O) groups excluding carboxylic acids is 2. The molecule has 7 heteroatoms. The standard InChI is InChI=1S/C10H21N3O3S/c1-16-5-4-12-9(14)7-13-10(15)8(11)3-6-17-2/h8H,3-7,11H2,1-2H3,(H,12,14)(H,13,15)/t8-/m0/s1. The molecular weight excluding hydrogens is 242 g/mol. The predicted molar refractivity (Wildman–Crippen MR) is 68.9 cm³/mol. The highest BCUT2D eigenvalue weighted by Crippen LogP contribution is 1.98. The van der Waals surface area contributed by atoms with Crippen LogP contribution in [-0.4, -0.2) is 56.7 Å². The van der Waals surface area contributed by atoms with E-state index >= 15 is 0 Å². The lowest BCUT2D eigenvalue weighted by Crippen LogP contribution is -2.45. The van der Waals surface area contributed by atoms with Gasteiger partial charge in [-0.1, -0.05) is 0 Å². The van der Waals surface area contributed by atoms with Gasteiger partial charge in [-0.3, -0.25) is 9.59 Å². The summed E-state index contributed by atoms with van der Waals surface area (Å²) in [4.78, 5) is 22.7. The van der Waals surface area contributed by atoms with Gasteiger partial charge in [-0.15, -0.1) is 0 Å². The van der Waals surface area contributed by atoms with Crippen LogP contribution in [0.1, 0.15) is 6.42 Å². The second kappa shape index (κ2) is 10.4. The SMILES string of the molecule is COCCNC(=O)CNC(=O)[C@@H](N)CCSC. The Kier molecular flexibility index (Phi) is 9.89. The third kappa shape index (κ3) is 8.96. The van der Waals surface area contributed by atoms with Crippen molar-refractivity contribution in [1.29, 1.82) is 0 Å². The Labute approximate surface area is 106 Å². The Morgan fingerprint density at radius 3 is 2.71 bits per heavy atom. The van der Waals surface area contributed by atoms with E-state index in [9.17, 15) is 9.59 Å². The maximum Gasteiger partial charge on any atom is 0.239 e. The number of methoxy groups -OCH3 is 1. The van der Waals surface area contributed by atoms with Gasteiger partial charge in [0.2, 0.25) is 11.8 Å². The second-order valence-electron chi connectivity index (χ2n) is 3.45. The largest absolute Gasteiger partial charge is 0.383 e. The van der Waals surface area contributed by atoms with Crippen molar-refractivity contribution in [2.75, 3.05) is 38.8 Å². The Morgan fingerprint density at radius 2 is 2.12 bits per heavy atom. The molecule has 100 valence electrons. The van der Waals surface area contributed by atoms with E-state index in [1.54, 1.807) is 18.9 Å². The fourth-order valence-electron chi connectivity index (χ4n) is 1.03. The minimum absolute atomic E-state index is 0.0461. The van der Waals surface area contributed by atoms with Crippen LogP contribution in [0.25, 0.3) is 0 Å². The molecule has 0 saturated heterocycles. The first-order chi connectivity index (χ1) is 8.11. The van der Waals surface area contributed by atoms with Gasteiger partial charge >= 0.3 is 0 Å². The summed E-state index contributed by atoms with van der Waals surface area (Å²) in [5.41, 5.74) is 5.63. The van der Waals surface area contributed by atoms with Crippen LogP contribution in [0.3, 0.4) is 0 Å². The van der Waals surface area contributed by atoms with Gasteiger partial charge in [0, 0.05) is 13.7 Å². The minimum Gasteiger partial charge on any atom is -0.383 e. The molecule has 0 aliphatic carbocycles. The van der Waals surface area contributed by atoms with Crippen LogP contribution in [0.2, 0.25) is 0 Å². The smallest absolute Gasteiger partial charge is 0.239 e. The van der Waals surface area contributed by atoms with Crippen molar-refractivity contribution in [3.05, 3.63) is 0 Å². The molecule has 0 aromatic heterocycles. The molecule has 2 amide bonds. The van der Waals surface area contributed by atoms with Crippen LogP contribution < -0.4 is 16.4 Å². The second-order valence-corrected chi connectivity index (χ2v) is 4.43. The van der Waals surface area contributed by atoms with Crippen LogP contribution in [0.4, 0.5) is 0 Å². The third-order valence-corrected chi connectivity index (χ3v) is 2.67.